The number of hydrogen-bond acceptors (Lipinski definition) is 1. The lowest BCUT2D eigenvalue weighted by molar-refractivity contribution is 0.0939. The Morgan fingerprint density at radius 3 is 2.48 bits per heavy atom. The van der Waals surface area contributed by atoms with Crippen LogP contribution in [-0.2, 0) is 12.8 Å². The van der Waals surface area contributed by atoms with E-state index in [2.05, 4.69) is 17.4 Å². The fraction of sp³-hybridized carbons (Fsp3) is 0.316. The first-order valence-electron chi connectivity index (χ1n) is 7.71. The van der Waals surface area contributed by atoms with E-state index in [1.807, 2.05) is 43.3 Å². The van der Waals surface area contributed by atoms with Crippen LogP contribution in [0.5, 0.6) is 0 Å². The number of carbonyl (C=O) groups is 1. The predicted octanol–water partition coefficient (Wildman–Crippen LogP) is 4.06. The quantitative estimate of drug-likeness (QED) is 0.902. The van der Waals surface area contributed by atoms with Gasteiger partial charge in [-0.05, 0) is 61.4 Å². The van der Waals surface area contributed by atoms with Crippen molar-refractivity contribution >= 4 is 5.91 Å². The van der Waals surface area contributed by atoms with E-state index in [-0.39, 0.29) is 11.9 Å². The molecule has 3 rings (SSSR count). The van der Waals surface area contributed by atoms with Crippen molar-refractivity contribution in [2.24, 2.45) is 0 Å². The molecular weight excluding hydrogens is 258 g/mol. The van der Waals surface area contributed by atoms with Crippen molar-refractivity contribution < 1.29 is 4.79 Å². The molecule has 2 heteroatoms. The number of benzene rings is 2. The first kappa shape index (κ1) is 13.9. The lowest BCUT2D eigenvalue weighted by atomic mass is 9.90. The Balaban J connectivity index is 1.73. The molecule has 0 fully saturated rings. The number of carbonyl (C=O) groups excluding carboxylic acids is 1. The standard InChI is InChI=1S/C19H21NO/c1-14(15-7-3-2-4-8-15)20-19(21)18-12-11-16-9-5-6-10-17(16)13-18/h2-4,7-8,11-14H,5-6,9-10H2,1H3,(H,20,21)/t14-/m1/s1. The Labute approximate surface area is 126 Å². The Kier molecular flexibility index (Phi) is 4.05. The van der Waals surface area contributed by atoms with E-state index in [9.17, 15) is 4.79 Å². The summed E-state index contributed by atoms with van der Waals surface area (Å²) >= 11 is 0. The average Bonchev–Trinajstić information content (AvgIpc) is 2.55. The molecule has 0 unspecified atom stereocenters. The highest BCUT2D eigenvalue weighted by molar-refractivity contribution is 5.94. The number of rotatable bonds is 3. The zero-order valence-corrected chi connectivity index (χ0v) is 12.4. The minimum atomic E-state index is 0.0136. The van der Waals surface area contributed by atoms with Gasteiger partial charge in [0.25, 0.3) is 5.91 Å². The monoisotopic (exact) mass is 279 g/mol. The number of aryl methyl sites for hydroxylation is 2. The molecule has 2 aromatic rings. The molecule has 0 radical (unpaired) electrons. The number of hydrogen-bond donors (Lipinski definition) is 1. The fourth-order valence-electron chi connectivity index (χ4n) is 2.98. The normalized spacial score (nSPS) is 15.1. The summed E-state index contributed by atoms with van der Waals surface area (Å²) in [6.07, 6.45) is 4.75. The van der Waals surface area contributed by atoms with Crippen LogP contribution in [0.4, 0.5) is 0 Å². The Morgan fingerprint density at radius 1 is 1.00 bits per heavy atom. The van der Waals surface area contributed by atoms with Crippen LogP contribution in [0, 0.1) is 0 Å². The highest BCUT2D eigenvalue weighted by Gasteiger charge is 2.14. The molecule has 1 aliphatic carbocycles. The van der Waals surface area contributed by atoms with E-state index in [0.29, 0.717) is 0 Å². The molecule has 21 heavy (non-hydrogen) atoms. The summed E-state index contributed by atoms with van der Waals surface area (Å²) in [4.78, 5) is 12.4. The molecule has 2 nitrogen and oxygen atoms in total. The van der Waals surface area contributed by atoms with Crippen LogP contribution in [0.15, 0.2) is 48.5 Å². The Hall–Kier alpha value is -2.09. The van der Waals surface area contributed by atoms with Crippen molar-refractivity contribution in [2.75, 3.05) is 0 Å². The second-order valence-electron chi connectivity index (χ2n) is 5.80. The third-order valence-corrected chi connectivity index (χ3v) is 4.26. The molecule has 0 bridgehead atoms. The maximum Gasteiger partial charge on any atom is 0.251 e. The molecule has 1 amide bonds. The average molecular weight is 279 g/mol. The zero-order chi connectivity index (χ0) is 14.7. The molecule has 1 aliphatic rings. The molecule has 1 atom stereocenters. The second-order valence-corrected chi connectivity index (χ2v) is 5.80. The van der Waals surface area contributed by atoms with Crippen LogP contribution in [0.1, 0.15) is 52.9 Å². The van der Waals surface area contributed by atoms with E-state index < -0.39 is 0 Å². The van der Waals surface area contributed by atoms with E-state index in [1.165, 1.54) is 24.0 Å². The van der Waals surface area contributed by atoms with Crippen LogP contribution in [0.2, 0.25) is 0 Å². The fourth-order valence-corrected chi connectivity index (χ4v) is 2.98. The maximum atomic E-state index is 12.4. The van der Waals surface area contributed by atoms with E-state index >= 15 is 0 Å². The van der Waals surface area contributed by atoms with Crippen molar-refractivity contribution in [2.45, 2.75) is 38.6 Å². The van der Waals surface area contributed by atoms with Gasteiger partial charge in [0, 0.05) is 5.56 Å². The van der Waals surface area contributed by atoms with Gasteiger partial charge >= 0.3 is 0 Å². The summed E-state index contributed by atoms with van der Waals surface area (Å²) in [5, 5.41) is 3.08. The lowest BCUT2D eigenvalue weighted by Crippen LogP contribution is -2.26. The molecule has 0 aliphatic heterocycles. The minimum Gasteiger partial charge on any atom is -0.346 e. The molecule has 0 spiro atoms. The van der Waals surface area contributed by atoms with Crippen LogP contribution < -0.4 is 5.32 Å². The first-order valence-corrected chi connectivity index (χ1v) is 7.71. The summed E-state index contributed by atoms with van der Waals surface area (Å²) in [6.45, 7) is 2.02. The molecule has 0 saturated heterocycles. The van der Waals surface area contributed by atoms with Crippen LogP contribution in [-0.4, -0.2) is 5.91 Å². The van der Waals surface area contributed by atoms with Gasteiger partial charge in [-0.25, -0.2) is 0 Å². The molecule has 1 N–H and O–H groups in total. The largest absolute Gasteiger partial charge is 0.346 e. The highest BCUT2D eigenvalue weighted by atomic mass is 16.1. The van der Waals surface area contributed by atoms with Gasteiger partial charge in [-0.2, -0.15) is 0 Å². The second kappa shape index (κ2) is 6.13. The smallest absolute Gasteiger partial charge is 0.251 e. The molecule has 108 valence electrons. The lowest BCUT2D eigenvalue weighted by Gasteiger charge is -2.18. The predicted molar refractivity (Wildman–Crippen MR) is 85.4 cm³/mol. The van der Waals surface area contributed by atoms with Crippen LogP contribution >= 0.6 is 0 Å². The highest BCUT2D eigenvalue weighted by Crippen LogP contribution is 2.22. The summed E-state index contributed by atoms with van der Waals surface area (Å²) in [7, 11) is 0. The summed E-state index contributed by atoms with van der Waals surface area (Å²) in [5.74, 6) is 0.0136. The minimum absolute atomic E-state index is 0.0136. The van der Waals surface area contributed by atoms with Gasteiger partial charge in [-0.3, -0.25) is 4.79 Å². The van der Waals surface area contributed by atoms with Crippen molar-refractivity contribution in [3.8, 4) is 0 Å². The molecule has 0 saturated carbocycles. The van der Waals surface area contributed by atoms with Crippen molar-refractivity contribution in [1.29, 1.82) is 0 Å². The molecule has 0 aromatic heterocycles. The van der Waals surface area contributed by atoms with Gasteiger partial charge < -0.3 is 5.32 Å². The van der Waals surface area contributed by atoms with Gasteiger partial charge in [0.05, 0.1) is 6.04 Å². The maximum absolute atomic E-state index is 12.4. The Bertz CT molecular complexity index is 633. The zero-order valence-electron chi connectivity index (χ0n) is 12.4. The summed E-state index contributed by atoms with van der Waals surface area (Å²) < 4.78 is 0. The number of fused-ring (bicyclic) bond motifs is 1. The summed E-state index contributed by atoms with van der Waals surface area (Å²) in [6, 6.07) is 16.2. The van der Waals surface area contributed by atoms with Crippen LogP contribution in [0.25, 0.3) is 0 Å². The third-order valence-electron chi connectivity index (χ3n) is 4.26. The SMILES string of the molecule is C[C@@H](NC(=O)c1ccc2c(c1)CCCC2)c1ccccc1. The topological polar surface area (TPSA) is 29.1 Å². The number of amides is 1. The van der Waals surface area contributed by atoms with Gasteiger partial charge in [-0.1, -0.05) is 36.4 Å². The van der Waals surface area contributed by atoms with E-state index in [0.717, 1.165) is 24.0 Å². The van der Waals surface area contributed by atoms with Crippen molar-refractivity contribution in [3.63, 3.8) is 0 Å². The van der Waals surface area contributed by atoms with E-state index in [4.69, 9.17) is 0 Å². The summed E-state index contributed by atoms with van der Waals surface area (Å²) in [5.41, 5.74) is 4.66. The number of nitrogens with one attached hydrogen (secondary N) is 1. The molecular formula is C19H21NO. The Morgan fingerprint density at radius 2 is 1.71 bits per heavy atom. The van der Waals surface area contributed by atoms with E-state index in [1.54, 1.807) is 0 Å². The van der Waals surface area contributed by atoms with Crippen molar-refractivity contribution in [1.82, 2.24) is 5.32 Å². The molecule has 2 aromatic carbocycles. The van der Waals surface area contributed by atoms with Gasteiger partial charge in [-0.15, -0.1) is 0 Å². The third kappa shape index (κ3) is 3.15. The van der Waals surface area contributed by atoms with Crippen molar-refractivity contribution in [3.05, 3.63) is 70.8 Å². The van der Waals surface area contributed by atoms with Gasteiger partial charge in [0.1, 0.15) is 0 Å². The van der Waals surface area contributed by atoms with Gasteiger partial charge in [0.15, 0.2) is 0 Å². The van der Waals surface area contributed by atoms with Gasteiger partial charge in [0.2, 0.25) is 0 Å². The first-order chi connectivity index (χ1) is 10.2. The van der Waals surface area contributed by atoms with Crippen LogP contribution in [0.3, 0.4) is 0 Å². The molecule has 0 heterocycles.